The Labute approximate surface area is 218 Å². The predicted molar refractivity (Wildman–Crippen MR) is 138 cm³/mol. The zero-order valence-electron chi connectivity index (χ0n) is 20.5. The van der Waals surface area contributed by atoms with Crippen LogP contribution in [0, 0.1) is 11.3 Å². The molecule has 1 aromatic heterocycles. The Kier molecular flexibility index (Phi) is 9.04. The Morgan fingerprint density at radius 2 is 1.86 bits per heavy atom. The summed E-state index contributed by atoms with van der Waals surface area (Å²) < 4.78 is 25.6. The highest BCUT2D eigenvalue weighted by Gasteiger charge is 2.26. The molecule has 0 saturated carbocycles. The van der Waals surface area contributed by atoms with Crippen LogP contribution in [0.15, 0.2) is 59.5 Å². The van der Waals surface area contributed by atoms with Crippen LogP contribution in [0.2, 0.25) is 5.02 Å². The summed E-state index contributed by atoms with van der Waals surface area (Å²) in [6, 6.07) is 12.7. The number of amides is 1. The number of nitriles is 1. The summed E-state index contributed by atoms with van der Waals surface area (Å²) in [6.45, 7) is 3.21. The van der Waals surface area contributed by atoms with Crippen molar-refractivity contribution in [2.24, 2.45) is 0 Å². The molecule has 1 heterocycles. The SMILES string of the molecule is CCOC(=O)c1ccc(NC(=O)C(CC(C)F)n2cc(OC)c(-c3cc(Cl)ccc3C#N)cc2=O)cc1. The number of nitrogens with one attached hydrogen (secondary N) is 1. The normalized spacial score (nSPS) is 12.2. The van der Waals surface area contributed by atoms with Gasteiger partial charge in [-0.3, -0.25) is 14.2 Å². The van der Waals surface area contributed by atoms with Crippen LogP contribution in [-0.4, -0.2) is 36.3 Å². The van der Waals surface area contributed by atoms with Gasteiger partial charge in [0, 0.05) is 34.3 Å². The smallest absolute Gasteiger partial charge is 0.338 e. The molecule has 3 rings (SSSR count). The van der Waals surface area contributed by atoms with E-state index in [1.165, 1.54) is 62.7 Å². The topological polar surface area (TPSA) is 110 Å². The van der Waals surface area contributed by atoms with E-state index in [4.69, 9.17) is 21.1 Å². The second kappa shape index (κ2) is 12.2. The van der Waals surface area contributed by atoms with Crippen molar-refractivity contribution in [2.75, 3.05) is 19.0 Å². The molecule has 0 saturated heterocycles. The Morgan fingerprint density at radius 1 is 1.16 bits per heavy atom. The van der Waals surface area contributed by atoms with E-state index < -0.39 is 29.6 Å². The largest absolute Gasteiger partial charge is 0.495 e. The second-order valence-corrected chi connectivity index (χ2v) is 8.56. The Morgan fingerprint density at radius 3 is 2.46 bits per heavy atom. The van der Waals surface area contributed by atoms with Crippen LogP contribution >= 0.6 is 11.6 Å². The predicted octanol–water partition coefficient (Wildman–Crippen LogP) is 5.15. The summed E-state index contributed by atoms with van der Waals surface area (Å²) in [5.41, 5.74) is 1.03. The summed E-state index contributed by atoms with van der Waals surface area (Å²) in [5, 5.41) is 12.5. The van der Waals surface area contributed by atoms with Crippen molar-refractivity contribution in [1.82, 2.24) is 4.57 Å². The number of methoxy groups -OCH3 is 1. The first kappa shape index (κ1) is 27.4. The zero-order chi connectivity index (χ0) is 27.1. The van der Waals surface area contributed by atoms with E-state index in [0.29, 0.717) is 27.4 Å². The van der Waals surface area contributed by atoms with Crippen molar-refractivity contribution < 1.29 is 23.5 Å². The summed E-state index contributed by atoms with van der Waals surface area (Å²) in [5.74, 6) is -0.935. The minimum atomic E-state index is -1.40. The number of hydrogen-bond donors (Lipinski definition) is 1. The van der Waals surface area contributed by atoms with E-state index in [-0.39, 0.29) is 24.3 Å². The first-order valence-corrected chi connectivity index (χ1v) is 11.8. The molecule has 2 unspecified atom stereocenters. The van der Waals surface area contributed by atoms with Gasteiger partial charge in [0.2, 0.25) is 5.91 Å². The summed E-state index contributed by atoms with van der Waals surface area (Å²) in [7, 11) is 1.38. The molecule has 0 bridgehead atoms. The number of ether oxygens (including phenoxy) is 2. The fraction of sp³-hybridized carbons (Fsp3) is 0.259. The van der Waals surface area contributed by atoms with Gasteiger partial charge in [0.25, 0.3) is 5.56 Å². The first-order chi connectivity index (χ1) is 17.7. The Balaban J connectivity index is 1.99. The number of pyridine rings is 1. The number of alkyl halides is 1. The number of aromatic nitrogens is 1. The van der Waals surface area contributed by atoms with Gasteiger partial charge in [-0.1, -0.05) is 11.6 Å². The lowest BCUT2D eigenvalue weighted by atomic mass is 10.00. The van der Waals surface area contributed by atoms with Crippen LogP contribution in [-0.2, 0) is 9.53 Å². The van der Waals surface area contributed by atoms with Crippen LogP contribution in [0.5, 0.6) is 5.75 Å². The molecule has 0 aliphatic heterocycles. The van der Waals surface area contributed by atoms with E-state index >= 15 is 0 Å². The number of hydrogen-bond acceptors (Lipinski definition) is 6. The molecule has 8 nitrogen and oxygen atoms in total. The van der Waals surface area contributed by atoms with E-state index in [2.05, 4.69) is 11.4 Å². The molecule has 10 heteroatoms. The number of benzene rings is 2. The van der Waals surface area contributed by atoms with Gasteiger partial charge < -0.3 is 14.8 Å². The molecule has 0 fully saturated rings. The highest BCUT2D eigenvalue weighted by molar-refractivity contribution is 6.31. The standard InChI is InChI=1S/C27H25ClFN3O5/c1-4-37-27(35)17-6-9-20(10-7-17)31-26(34)23(11-16(2)29)32-15-24(36-3)22(13-25(32)33)21-12-19(28)8-5-18(21)14-30/h5-10,12-13,15-16,23H,4,11H2,1-3H3,(H,31,34). The lowest BCUT2D eigenvalue weighted by Gasteiger charge is -2.22. The molecule has 0 aliphatic rings. The highest BCUT2D eigenvalue weighted by atomic mass is 35.5. The van der Waals surface area contributed by atoms with Crippen molar-refractivity contribution in [3.8, 4) is 22.9 Å². The summed E-state index contributed by atoms with van der Waals surface area (Å²) >= 11 is 6.11. The lowest BCUT2D eigenvalue weighted by molar-refractivity contribution is -0.119. The van der Waals surface area contributed by atoms with Gasteiger partial charge in [-0.2, -0.15) is 5.26 Å². The van der Waals surface area contributed by atoms with Gasteiger partial charge in [0.1, 0.15) is 11.8 Å². The fourth-order valence-corrected chi connectivity index (χ4v) is 3.94. The van der Waals surface area contributed by atoms with Crippen LogP contribution in [0.1, 0.15) is 42.2 Å². The minimum Gasteiger partial charge on any atom is -0.495 e. The van der Waals surface area contributed by atoms with Crippen molar-refractivity contribution >= 4 is 29.2 Å². The number of rotatable bonds is 9. The molecule has 0 aliphatic carbocycles. The van der Waals surface area contributed by atoms with Crippen molar-refractivity contribution in [1.29, 1.82) is 5.26 Å². The molecule has 37 heavy (non-hydrogen) atoms. The van der Waals surface area contributed by atoms with Gasteiger partial charge >= 0.3 is 5.97 Å². The molecular weight excluding hydrogens is 501 g/mol. The number of carbonyl (C=O) groups excluding carboxylic acids is 2. The van der Waals surface area contributed by atoms with Crippen molar-refractivity contribution in [3.63, 3.8) is 0 Å². The number of esters is 1. The minimum absolute atomic E-state index is 0.196. The molecule has 1 N–H and O–H groups in total. The maximum absolute atomic E-state index is 14.1. The fourth-order valence-electron chi connectivity index (χ4n) is 3.77. The van der Waals surface area contributed by atoms with E-state index in [1.54, 1.807) is 13.0 Å². The van der Waals surface area contributed by atoms with Crippen LogP contribution in [0.25, 0.3) is 11.1 Å². The number of nitrogens with zero attached hydrogens (tertiary/aromatic N) is 2. The third-order valence-corrected chi connectivity index (χ3v) is 5.74. The van der Waals surface area contributed by atoms with Gasteiger partial charge in [-0.15, -0.1) is 0 Å². The average Bonchev–Trinajstić information content (AvgIpc) is 2.87. The maximum atomic E-state index is 14.1. The molecule has 192 valence electrons. The van der Waals surface area contributed by atoms with Crippen molar-refractivity contribution in [3.05, 3.63) is 81.2 Å². The molecule has 1 amide bonds. The Hall–Kier alpha value is -4.16. The van der Waals surface area contributed by atoms with E-state index in [9.17, 15) is 24.0 Å². The van der Waals surface area contributed by atoms with Crippen LogP contribution in [0.4, 0.5) is 10.1 Å². The molecular formula is C27H25ClFN3O5. The first-order valence-electron chi connectivity index (χ1n) is 11.4. The quantitative estimate of drug-likeness (QED) is 0.387. The maximum Gasteiger partial charge on any atom is 0.338 e. The van der Waals surface area contributed by atoms with E-state index in [1.807, 2.05) is 0 Å². The molecule has 0 spiro atoms. The van der Waals surface area contributed by atoms with Crippen LogP contribution < -0.4 is 15.6 Å². The number of halogens is 2. The number of carbonyl (C=O) groups is 2. The van der Waals surface area contributed by atoms with Crippen molar-refractivity contribution in [2.45, 2.75) is 32.5 Å². The van der Waals surface area contributed by atoms with Gasteiger partial charge in [-0.05, 0) is 56.3 Å². The monoisotopic (exact) mass is 525 g/mol. The molecule has 3 aromatic rings. The van der Waals surface area contributed by atoms with E-state index in [0.717, 1.165) is 4.57 Å². The van der Waals surface area contributed by atoms with Gasteiger partial charge in [0.05, 0.1) is 43.3 Å². The third kappa shape index (κ3) is 6.54. The third-order valence-electron chi connectivity index (χ3n) is 5.51. The average molecular weight is 526 g/mol. The second-order valence-electron chi connectivity index (χ2n) is 8.12. The number of anilines is 1. The Bertz CT molecular complexity index is 1400. The van der Waals surface area contributed by atoms with Crippen LogP contribution in [0.3, 0.4) is 0 Å². The molecule has 2 atom stereocenters. The summed E-state index contributed by atoms with van der Waals surface area (Å²) in [6.07, 6.45) is -0.371. The highest BCUT2D eigenvalue weighted by Crippen LogP contribution is 2.33. The lowest BCUT2D eigenvalue weighted by Crippen LogP contribution is -2.34. The van der Waals surface area contributed by atoms with Gasteiger partial charge in [0.15, 0.2) is 0 Å². The zero-order valence-corrected chi connectivity index (χ0v) is 21.2. The molecule has 2 aromatic carbocycles. The summed E-state index contributed by atoms with van der Waals surface area (Å²) in [4.78, 5) is 38.2. The molecule has 0 radical (unpaired) electrons. The van der Waals surface area contributed by atoms with Gasteiger partial charge in [-0.25, -0.2) is 9.18 Å².